The molecule has 2 atom stereocenters. The number of hydrogen-bond acceptors (Lipinski definition) is 2. The van der Waals surface area contributed by atoms with Crippen molar-refractivity contribution in [1.29, 1.82) is 0 Å². The van der Waals surface area contributed by atoms with Gasteiger partial charge in [-0.3, -0.25) is 0 Å². The molecule has 1 N–H and O–H groups in total. The number of thioether (sulfide) groups is 1. The molecule has 1 aliphatic carbocycles. The summed E-state index contributed by atoms with van der Waals surface area (Å²) in [5.74, 6) is 0.779. The van der Waals surface area contributed by atoms with Crippen LogP contribution in [0.2, 0.25) is 0 Å². The van der Waals surface area contributed by atoms with Gasteiger partial charge in [0.25, 0.3) is 0 Å². The fraction of sp³-hybridized carbons (Fsp3) is 0.647. The summed E-state index contributed by atoms with van der Waals surface area (Å²) in [5, 5.41) is 3.78. The Balaban J connectivity index is 2.06. The highest BCUT2D eigenvalue weighted by molar-refractivity contribution is 7.98. The standard InChI is InChI=1S/C17H27NS/c1-17(2,3)15-7-5-6-8-16(15)18-13-9-11-14(19-4)12-10-13/h9-12,15-16,18H,5-8H2,1-4H3. The van der Waals surface area contributed by atoms with Crippen LogP contribution in [0, 0.1) is 11.3 Å². The zero-order valence-corrected chi connectivity index (χ0v) is 13.5. The van der Waals surface area contributed by atoms with Crippen LogP contribution in [-0.4, -0.2) is 12.3 Å². The van der Waals surface area contributed by atoms with E-state index in [1.165, 1.54) is 36.3 Å². The van der Waals surface area contributed by atoms with Gasteiger partial charge in [-0.15, -0.1) is 11.8 Å². The summed E-state index contributed by atoms with van der Waals surface area (Å²) in [6.45, 7) is 7.15. The zero-order valence-electron chi connectivity index (χ0n) is 12.7. The van der Waals surface area contributed by atoms with E-state index in [-0.39, 0.29) is 0 Å². The van der Waals surface area contributed by atoms with Crippen molar-refractivity contribution >= 4 is 17.4 Å². The van der Waals surface area contributed by atoms with E-state index in [0.29, 0.717) is 11.5 Å². The Hall–Kier alpha value is -0.630. The molecule has 0 aromatic heterocycles. The third-order valence-corrected chi connectivity index (χ3v) is 5.06. The van der Waals surface area contributed by atoms with Crippen LogP contribution >= 0.6 is 11.8 Å². The largest absolute Gasteiger partial charge is 0.382 e. The quantitative estimate of drug-likeness (QED) is 0.740. The van der Waals surface area contributed by atoms with E-state index in [9.17, 15) is 0 Å². The van der Waals surface area contributed by atoms with Crippen molar-refractivity contribution in [1.82, 2.24) is 0 Å². The topological polar surface area (TPSA) is 12.0 Å². The van der Waals surface area contributed by atoms with Crippen molar-refractivity contribution in [3.63, 3.8) is 0 Å². The van der Waals surface area contributed by atoms with Crippen LogP contribution in [0.3, 0.4) is 0 Å². The van der Waals surface area contributed by atoms with Gasteiger partial charge in [0.05, 0.1) is 0 Å². The number of benzene rings is 1. The molecule has 1 aliphatic rings. The summed E-state index contributed by atoms with van der Waals surface area (Å²) < 4.78 is 0. The first-order chi connectivity index (χ1) is 9.00. The Bertz CT molecular complexity index is 391. The second-order valence-corrected chi connectivity index (χ2v) is 7.62. The second kappa shape index (κ2) is 6.21. The third kappa shape index (κ3) is 3.92. The van der Waals surface area contributed by atoms with Crippen molar-refractivity contribution in [2.45, 2.75) is 57.4 Å². The highest BCUT2D eigenvalue weighted by Gasteiger charge is 2.33. The molecule has 106 valence electrons. The van der Waals surface area contributed by atoms with Crippen LogP contribution in [0.1, 0.15) is 46.5 Å². The van der Waals surface area contributed by atoms with Gasteiger partial charge in [0.2, 0.25) is 0 Å². The average molecular weight is 277 g/mol. The molecule has 0 spiro atoms. The zero-order chi connectivity index (χ0) is 13.9. The van der Waals surface area contributed by atoms with Crippen LogP contribution in [0.25, 0.3) is 0 Å². The Morgan fingerprint density at radius 2 is 1.68 bits per heavy atom. The van der Waals surface area contributed by atoms with Gasteiger partial charge < -0.3 is 5.32 Å². The Labute approximate surface area is 122 Å². The number of hydrogen-bond donors (Lipinski definition) is 1. The molecular formula is C17H27NS. The molecule has 0 aliphatic heterocycles. The number of anilines is 1. The highest BCUT2D eigenvalue weighted by atomic mass is 32.2. The summed E-state index contributed by atoms with van der Waals surface area (Å²) in [5.41, 5.74) is 1.68. The molecule has 1 nitrogen and oxygen atoms in total. The predicted octanol–water partition coefficient (Wildman–Crippen LogP) is 5.43. The van der Waals surface area contributed by atoms with E-state index in [2.05, 4.69) is 56.6 Å². The minimum Gasteiger partial charge on any atom is -0.382 e. The molecule has 0 amide bonds. The lowest BCUT2D eigenvalue weighted by Gasteiger charge is -2.41. The van der Waals surface area contributed by atoms with Crippen molar-refractivity contribution in [3.05, 3.63) is 24.3 Å². The highest BCUT2D eigenvalue weighted by Crippen LogP contribution is 2.39. The van der Waals surface area contributed by atoms with Crippen LogP contribution in [-0.2, 0) is 0 Å². The Morgan fingerprint density at radius 3 is 2.26 bits per heavy atom. The average Bonchev–Trinajstić information content (AvgIpc) is 2.39. The normalized spacial score (nSPS) is 24.2. The monoisotopic (exact) mass is 277 g/mol. The molecule has 1 aromatic rings. The maximum atomic E-state index is 3.78. The first kappa shape index (κ1) is 14.8. The van der Waals surface area contributed by atoms with Gasteiger partial charge in [0.15, 0.2) is 0 Å². The van der Waals surface area contributed by atoms with Gasteiger partial charge in [-0.05, 0) is 54.7 Å². The third-order valence-electron chi connectivity index (χ3n) is 4.32. The van der Waals surface area contributed by atoms with Gasteiger partial charge in [-0.1, -0.05) is 33.6 Å². The maximum absolute atomic E-state index is 3.78. The lowest BCUT2D eigenvalue weighted by Crippen LogP contribution is -2.39. The van der Waals surface area contributed by atoms with Crippen molar-refractivity contribution in [3.8, 4) is 0 Å². The number of nitrogens with one attached hydrogen (secondary N) is 1. The fourth-order valence-corrected chi connectivity index (χ4v) is 3.65. The summed E-state index contributed by atoms with van der Waals surface area (Å²) in [4.78, 5) is 1.33. The smallest absolute Gasteiger partial charge is 0.0343 e. The van der Waals surface area contributed by atoms with Gasteiger partial charge in [0, 0.05) is 16.6 Å². The minimum absolute atomic E-state index is 0.400. The van der Waals surface area contributed by atoms with Crippen LogP contribution in [0.5, 0.6) is 0 Å². The second-order valence-electron chi connectivity index (χ2n) is 6.74. The molecule has 1 saturated carbocycles. The summed E-state index contributed by atoms with van der Waals surface area (Å²) in [7, 11) is 0. The lowest BCUT2D eigenvalue weighted by atomic mass is 9.69. The number of rotatable bonds is 3. The molecule has 2 unspecified atom stereocenters. The maximum Gasteiger partial charge on any atom is 0.0343 e. The first-order valence-electron chi connectivity index (χ1n) is 7.41. The lowest BCUT2D eigenvalue weighted by molar-refractivity contribution is 0.163. The van der Waals surface area contributed by atoms with E-state index in [4.69, 9.17) is 0 Å². The molecule has 0 heterocycles. The summed E-state index contributed by atoms with van der Waals surface area (Å²) >= 11 is 1.80. The van der Waals surface area contributed by atoms with Gasteiger partial charge >= 0.3 is 0 Å². The summed E-state index contributed by atoms with van der Waals surface area (Å²) in [6.07, 6.45) is 7.56. The molecule has 0 radical (unpaired) electrons. The van der Waals surface area contributed by atoms with E-state index < -0.39 is 0 Å². The van der Waals surface area contributed by atoms with Crippen LogP contribution in [0.4, 0.5) is 5.69 Å². The van der Waals surface area contributed by atoms with E-state index in [1.54, 1.807) is 11.8 Å². The van der Waals surface area contributed by atoms with Gasteiger partial charge in [0.1, 0.15) is 0 Å². The van der Waals surface area contributed by atoms with E-state index in [0.717, 1.165) is 5.92 Å². The molecule has 19 heavy (non-hydrogen) atoms. The molecule has 2 rings (SSSR count). The van der Waals surface area contributed by atoms with Crippen molar-refractivity contribution < 1.29 is 0 Å². The Kier molecular flexibility index (Phi) is 4.83. The minimum atomic E-state index is 0.400. The van der Waals surface area contributed by atoms with Crippen molar-refractivity contribution in [2.75, 3.05) is 11.6 Å². The molecule has 0 saturated heterocycles. The van der Waals surface area contributed by atoms with E-state index >= 15 is 0 Å². The van der Waals surface area contributed by atoms with Crippen LogP contribution in [0.15, 0.2) is 29.2 Å². The SMILES string of the molecule is CSc1ccc(NC2CCCCC2C(C)(C)C)cc1. The fourth-order valence-electron chi connectivity index (χ4n) is 3.24. The predicted molar refractivity (Wildman–Crippen MR) is 87.0 cm³/mol. The van der Waals surface area contributed by atoms with Gasteiger partial charge in [-0.25, -0.2) is 0 Å². The molecule has 1 aromatic carbocycles. The van der Waals surface area contributed by atoms with Crippen LogP contribution < -0.4 is 5.32 Å². The Morgan fingerprint density at radius 1 is 1.05 bits per heavy atom. The van der Waals surface area contributed by atoms with Gasteiger partial charge in [-0.2, -0.15) is 0 Å². The molecule has 0 bridgehead atoms. The first-order valence-corrected chi connectivity index (χ1v) is 8.64. The summed E-state index contributed by atoms with van der Waals surface area (Å²) in [6, 6.07) is 9.50. The molecular weight excluding hydrogens is 250 g/mol. The molecule has 1 fully saturated rings. The van der Waals surface area contributed by atoms with E-state index in [1.807, 2.05) is 0 Å². The van der Waals surface area contributed by atoms with Crippen molar-refractivity contribution in [2.24, 2.45) is 11.3 Å². The molecule has 2 heteroatoms.